The zero-order valence-corrected chi connectivity index (χ0v) is 34.4. The zero-order valence-electron chi connectivity index (χ0n) is 32.7. The summed E-state index contributed by atoms with van der Waals surface area (Å²) in [4.78, 5) is 50.4. The number of ether oxygens (including phenoxy) is 2. The second-order valence-electron chi connectivity index (χ2n) is 16.5. The number of para-hydroxylation sites is 4. The molecule has 0 saturated carbocycles. The van der Waals surface area contributed by atoms with E-state index in [2.05, 4.69) is 47.9 Å². The van der Waals surface area contributed by atoms with Gasteiger partial charge in [0.25, 0.3) is 0 Å². The molecule has 9 aromatic rings. The second-order valence-corrected chi connectivity index (χ2v) is 18.8. The van der Waals surface area contributed by atoms with Crippen LogP contribution in [0, 0.1) is 0 Å². The van der Waals surface area contributed by atoms with Crippen LogP contribution in [0.2, 0.25) is 0 Å². The largest absolute Gasteiger partial charge is 0.443 e. The molecule has 0 atom stereocenters. The van der Waals surface area contributed by atoms with E-state index in [9.17, 15) is 9.59 Å². The third kappa shape index (κ3) is 5.92. The van der Waals surface area contributed by atoms with E-state index in [-0.39, 0.29) is 0 Å². The lowest BCUT2D eigenvalue weighted by atomic mass is 9.86. The fourth-order valence-electron chi connectivity index (χ4n) is 7.81. The number of aromatic nitrogens is 6. The number of allylic oxidation sites excluding steroid dienone is 1. The monoisotopic (exact) mass is 802 g/mol. The molecular weight excluding hydrogens is 765 g/mol. The fourth-order valence-corrected chi connectivity index (χ4v) is 10.1. The summed E-state index contributed by atoms with van der Waals surface area (Å²) < 4.78 is 14.3. The molecule has 0 radical (unpaired) electrons. The summed E-state index contributed by atoms with van der Waals surface area (Å²) in [7, 11) is 0. The number of benzene rings is 4. The van der Waals surface area contributed by atoms with Gasteiger partial charge in [-0.3, -0.25) is 0 Å². The highest BCUT2D eigenvalue weighted by molar-refractivity contribution is 8.09. The third-order valence-corrected chi connectivity index (χ3v) is 12.8. The normalized spacial score (nSPS) is 14.6. The molecule has 58 heavy (non-hydrogen) atoms. The molecule has 10 rings (SSSR count). The molecule has 5 aromatic heterocycles. The standard InChI is InChI=1S/C46H38N6O4S2/c1-44(2,3)55-42(53)51-34-19-17-26(24-28(34)38-40(51)49-32-14-9-7-12-30(32)47-38)46(22-21-37(58-46)36-16-11-23-57-36)27-18-20-35-29(25-27)39-41(52(35)43(54)56-45(4,5)6)50-33-15-10-8-13-31(33)48-39/h7-21,23-25H,22H2,1-6H3. The molecule has 0 bridgehead atoms. The van der Waals surface area contributed by atoms with Crippen LogP contribution in [0.5, 0.6) is 0 Å². The van der Waals surface area contributed by atoms with E-state index in [0.29, 0.717) is 50.8 Å². The summed E-state index contributed by atoms with van der Waals surface area (Å²) in [5, 5.41) is 3.68. The SMILES string of the molecule is CC(C)(C)OC(=O)n1c2ccc(C3(c4ccc5c(c4)c4nc6ccccc6nc4n5C(=O)OC(C)(C)C)CC=C(c4cccs4)S3)cc2c2nc3ccccc3nc21. The Kier molecular flexibility index (Phi) is 8.09. The summed E-state index contributed by atoms with van der Waals surface area (Å²) in [5.41, 5.74) is 6.86. The van der Waals surface area contributed by atoms with Crippen molar-refractivity contribution in [1.29, 1.82) is 0 Å². The minimum absolute atomic E-state index is 0.438. The van der Waals surface area contributed by atoms with Gasteiger partial charge in [-0.25, -0.2) is 38.7 Å². The number of thioether (sulfide) groups is 1. The van der Waals surface area contributed by atoms with E-state index in [1.54, 1.807) is 32.2 Å². The number of carbonyl (C=O) groups is 2. The Balaban J connectivity index is 1.22. The summed E-state index contributed by atoms with van der Waals surface area (Å²) in [6.45, 7) is 11.1. The van der Waals surface area contributed by atoms with Gasteiger partial charge in [0.1, 0.15) is 22.2 Å². The molecule has 288 valence electrons. The van der Waals surface area contributed by atoms with Crippen molar-refractivity contribution in [3.63, 3.8) is 0 Å². The predicted molar refractivity (Wildman–Crippen MR) is 234 cm³/mol. The van der Waals surface area contributed by atoms with Gasteiger partial charge in [0.2, 0.25) is 0 Å². The Morgan fingerprint density at radius 3 is 1.52 bits per heavy atom. The molecule has 0 unspecified atom stereocenters. The van der Waals surface area contributed by atoms with Crippen molar-refractivity contribution in [1.82, 2.24) is 29.1 Å². The van der Waals surface area contributed by atoms with Gasteiger partial charge in [-0.1, -0.05) is 48.5 Å². The van der Waals surface area contributed by atoms with Crippen LogP contribution in [0.1, 0.15) is 64.0 Å². The van der Waals surface area contributed by atoms with Crippen molar-refractivity contribution < 1.29 is 19.1 Å². The van der Waals surface area contributed by atoms with Gasteiger partial charge >= 0.3 is 12.2 Å². The minimum atomic E-state index is -0.722. The van der Waals surface area contributed by atoms with Crippen molar-refractivity contribution in [3.05, 3.63) is 125 Å². The maximum atomic E-state index is 13.9. The third-order valence-electron chi connectivity index (χ3n) is 10.2. The van der Waals surface area contributed by atoms with Crippen molar-refractivity contribution >= 4 is 106 Å². The van der Waals surface area contributed by atoms with Gasteiger partial charge in [-0.2, -0.15) is 0 Å². The molecule has 10 nitrogen and oxygen atoms in total. The van der Waals surface area contributed by atoms with Crippen LogP contribution in [0.4, 0.5) is 9.59 Å². The molecule has 6 heterocycles. The number of nitrogens with zero attached hydrogens (tertiary/aromatic N) is 6. The number of carbonyl (C=O) groups excluding carboxylic acids is 2. The lowest BCUT2D eigenvalue weighted by molar-refractivity contribution is 0.0539. The zero-order chi connectivity index (χ0) is 40.1. The quantitative estimate of drug-likeness (QED) is 0.172. The molecule has 0 fully saturated rings. The summed E-state index contributed by atoms with van der Waals surface area (Å²) in [6, 6.07) is 32.1. The first-order valence-corrected chi connectivity index (χ1v) is 20.8. The van der Waals surface area contributed by atoms with Crippen LogP contribution >= 0.6 is 23.1 Å². The number of fused-ring (bicyclic) bond motifs is 8. The number of rotatable bonds is 3. The first-order chi connectivity index (χ1) is 27.8. The highest BCUT2D eigenvalue weighted by Crippen LogP contribution is 2.58. The maximum Gasteiger partial charge on any atom is 0.420 e. The molecule has 0 N–H and O–H groups in total. The molecule has 0 aliphatic carbocycles. The molecule has 0 amide bonds. The topological polar surface area (TPSA) is 114 Å². The van der Waals surface area contributed by atoms with Gasteiger partial charge in [-0.15, -0.1) is 23.1 Å². The molecule has 0 saturated heterocycles. The average molecular weight is 803 g/mol. The lowest BCUT2D eigenvalue weighted by Crippen LogP contribution is -2.27. The van der Waals surface area contributed by atoms with Crippen LogP contribution in [0.3, 0.4) is 0 Å². The Bertz CT molecular complexity index is 3020. The van der Waals surface area contributed by atoms with Gasteiger partial charge in [0.15, 0.2) is 11.3 Å². The molecular formula is C46H38N6O4S2. The summed E-state index contributed by atoms with van der Waals surface area (Å²) in [5.74, 6) is 0. The lowest BCUT2D eigenvalue weighted by Gasteiger charge is -2.30. The summed E-state index contributed by atoms with van der Waals surface area (Å²) >= 11 is 3.51. The van der Waals surface area contributed by atoms with E-state index in [1.807, 2.05) is 102 Å². The fraction of sp³-hybridized carbons (Fsp3) is 0.217. The highest BCUT2D eigenvalue weighted by atomic mass is 32.2. The van der Waals surface area contributed by atoms with E-state index in [4.69, 9.17) is 29.4 Å². The summed E-state index contributed by atoms with van der Waals surface area (Å²) in [6.07, 6.45) is 1.95. The van der Waals surface area contributed by atoms with Gasteiger partial charge in [0.05, 0.1) is 37.8 Å². The van der Waals surface area contributed by atoms with Gasteiger partial charge in [-0.05, 0) is 119 Å². The van der Waals surface area contributed by atoms with E-state index in [1.165, 1.54) is 9.78 Å². The highest BCUT2D eigenvalue weighted by Gasteiger charge is 2.41. The molecule has 12 heteroatoms. The first kappa shape index (κ1) is 36.2. The van der Waals surface area contributed by atoms with Crippen LogP contribution in [-0.4, -0.2) is 52.5 Å². The minimum Gasteiger partial charge on any atom is -0.443 e. The van der Waals surface area contributed by atoms with E-state index in [0.717, 1.165) is 32.9 Å². The number of hydrogen-bond acceptors (Lipinski definition) is 10. The average Bonchev–Trinajstić information content (AvgIpc) is 3.98. The molecule has 1 aliphatic rings. The van der Waals surface area contributed by atoms with Crippen molar-refractivity contribution in [2.75, 3.05) is 0 Å². The van der Waals surface area contributed by atoms with E-state index >= 15 is 0 Å². The Labute approximate surface area is 341 Å². The van der Waals surface area contributed by atoms with E-state index < -0.39 is 28.1 Å². The number of thiophene rings is 1. The number of hydrogen-bond donors (Lipinski definition) is 0. The van der Waals surface area contributed by atoms with Crippen molar-refractivity contribution in [2.24, 2.45) is 0 Å². The first-order valence-electron chi connectivity index (χ1n) is 19.1. The Hall–Kier alpha value is -6.11. The van der Waals surface area contributed by atoms with Crippen LogP contribution in [0.15, 0.2) is 109 Å². The van der Waals surface area contributed by atoms with Gasteiger partial charge < -0.3 is 9.47 Å². The maximum absolute atomic E-state index is 13.9. The molecule has 0 spiro atoms. The molecule has 1 aliphatic heterocycles. The van der Waals surface area contributed by atoms with Crippen molar-refractivity contribution in [3.8, 4) is 0 Å². The Morgan fingerprint density at radius 2 is 1.09 bits per heavy atom. The van der Waals surface area contributed by atoms with Gasteiger partial charge in [0, 0.05) is 20.6 Å². The van der Waals surface area contributed by atoms with Crippen LogP contribution in [-0.2, 0) is 14.2 Å². The Morgan fingerprint density at radius 1 is 0.621 bits per heavy atom. The van der Waals surface area contributed by atoms with Crippen LogP contribution < -0.4 is 0 Å². The second kappa shape index (κ2) is 13.0. The predicted octanol–water partition coefficient (Wildman–Crippen LogP) is 11.8. The smallest absolute Gasteiger partial charge is 0.420 e. The molecule has 4 aromatic carbocycles. The van der Waals surface area contributed by atoms with Crippen molar-refractivity contribution in [2.45, 2.75) is 63.9 Å². The van der Waals surface area contributed by atoms with Crippen LogP contribution in [0.25, 0.3) is 71.1 Å².